The number of carbonyl (C=O) groups is 1. The maximum Gasteiger partial charge on any atom is 0.331 e. The van der Waals surface area contributed by atoms with E-state index in [1.54, 1.807) is 6.08 Å². The van der Waals surface area contributed by atoms with Crippen molar-refractivity contribution in [3.05, 3.63) is 28.6 Å². The van der Waals surface area contributed by atoms with E-state index in [0.29, 0.717) is 17.7 Å². The Bertz CT molecular complexity index is 479. The lowest BCUT2D eigenvalue weighted by atomic mass is 10.0. The third-order valence-corrected chi connectivity index (χ3v) is 2.89. The first-order chi connectivity index (χ1) is 8.53. The largest absolute Gasteiger partial charge is 0.478 e. The van der Waals surface area contributed by atoms with Crippen LogP contribution in [0.4, 0.5) is 5.69 Å². The predicted molar refractivity (Wildman–Crippen MR) is 73.3 cm³/mol. The van der Waals surface area contributed by atoms with Crippen LogP contribution in [-0.2, 0) is 17.6 Å². The zero-order valence-corrected chi connectivity index (χ0v) is 11.2. The number of carboxylic acids is 1. The molecule has 0 aliphatic carbocycles. The molecule has 18 heavy (non-hydrogen) atoms. The molecule has 0 radical (unpaired) electrons. The van der Waals surface area contributed by atoms with Gasteiger partial charge in [0.1, 0.15) is 0 Å². The summed E-state index contributed by atoms with van der Waals surface area (Å²) in [5.74, 6) is -0.904. The van der Waals surface area contributed by atoms with E-state index in [9.17, 15) is 4.79 Å². The highest BCUT2D eigenvalue weighted by Gasteiger charge is 2.11. The Morgan fingerprint density at radius 2 is 2.06 bits per heavy atom. The number of aromatic nitrogens is 1. The molecule has 1 heterocycles. The van der Waals surface area contributed by atoms with Gasteiger partial charge in [-0.25, -0.2) is 4.79 Å². The van der Waals surface area contributed by atoms with E-state index in [4.69, 9.17) is 10.8 Å². The summed E-state index contributed by atoms with van der Waals surface area (Å²) in [7, 11) is 0. The van der Waals surface area contributed by atoms with Crippen LogP contribution in [0.5, 0.6) is 0 Å². The molecule has 4 heteroatoms. The van der Waals surface area contributed by atoms with Crippen molar-refractivity contribution < 1.29 is 9.90 Å². The average molecular weight is 248 g/mol. The molecule has 0 saturated carbocycles. The lowest BCUT2D eigenvalue weighted by Gasteiger charge is -2.10. The highest BCUT2D eigenvalue weighted by atomic mass is 16.4. The molecule has 1 aromatic heterocycles. The number of rotatable bonds is 5. The topological polar surface area (TPSA) is 76.2 Å². The van der Waals surface area contributed by atoms with Crippen molar-refractivity contribution in [1.29, 1.82) is 0 Å². The first-order valence-electron chi connectivity index (χ1n) is 6.25. The van der Waals surface area contributed by atoms with Gasteiger partial charge in [0, 0.05) is 28.2 Å². The Labute approximate surface area is 108 Å². The fraction of sp³-hybridized carbons (Fsp3) is 0.429. The molecule has 1 aromatic rings. The van der Waals surface area contributed by atoms with Gasteiger partial charge in [0.05, 0.1) is 0 Å². The molecule has 0 saturated heterocycles. The van der Waals surface area contributed by atoms with Crippen molar-refractivity contribution >= 4 is 17.7 Å². The number of hydrogen-bond donors (Lipinski definition) is 2. The highest BCUT2D eigenvalue weighted by molar-refractivity contribution is 5.93. The number of aliphatic carboxylic acids is 1. The van der Waals surface area contributed by atoms with Gasteiger partial charge in [0.2, 0.25) is 0 Å². The molecular formula is C14H20N2O2. The molecule has 0 fully saturated rings. The van der Waals surface area contributed by atoms with Gasteiger partial charge < -0.3 is 10.8 Å². The van der Waals surface area contributed by atoms with E-state index in [1.165, 1.54) is 0 Å². The Kier molecular flexibility index (Phi) is 4.89. The van der Waals surface area contributed by atoms with Gasteiger partial charge >= 0.3 is 5.97 Å². The van der Waals surface area contributed by atoms with Crippen LogP contribution in [0.2, 0.25) is 0 Å². The first kappa shape index (κ1) is 14.2. The minimum Gasteiger partial charge on any atom is -0.478 e. The van der Waals surface area contributed by atoms with Crippen LogP contribution >= 0.6 is 0 Å². The van der Waals surface area contributed by atoms with Crippen LogP contribution in [0.1, 0.15) is 44.1 Å². The van der Waals surface area contributed by atoms with Crippen LogP contribution < -0.4 is 5.73 Å². The number of nitrogens with two attached hydrogens (primary N) is 1. The van der Waals surface area contributed by atoms with Crippen LogP contribution in [-0.4, -0.2) is 16.1 Å². The number of nitrogen functional groups attached to an aromatic ring is 1. The van der Waals surface area contributed by atoms with Crippen molar-refractivity contribution in [2.45, 2.75) is 40.0 Å². The van der Waals surface area contributed by atoms with Gasteiger partial charge in [-0.2, -0.15) is 0 Å². The second kappa shape index (κ2) is 6.19. The summed E-state index contributed by atoms with van der Waals surface area (Å²) in [5, 5.41) is 9.06. The number of pyridine rings is 1. The van der Waals surface area contributed by atoms with Crippen molar-refractivity contribution in [3.8, 4) is 0 Å². The van der Waals surface area contributed by atoms with Crippen molar-refractivity contribution in [1.82, 2.24) is 4.98 Å². The van der Waals surface area contributed by atoms with E-state index < -0.39 is 5.97 Å². The summed E-state index contributed by atoms with van der Waals surface area (Å²) in [6.45, 7) is 5.83. The molecule has 0 aromatic carbocycles. The number of nitrogens with zero attached hydrogens (tertiary/aromatic N) is 1. The zero-order valence-electron chi connectivity index (χ0n) is 11.2. The van der Waals surface area contributed by atoms with Gasteiger partial charge in [-0.1, -0.05) is 20.8 Å². The summed E-state index contributed by atoms with van der Waals surface area (Å²) in [6.07, 6.45) is 3.66. The number of hydrogen-bond acceptors (Lipinski definition) is 3. The normalized spacial score (nSPS) is 11.6. The predicted octanol–water partition coefficient (Wildman–Crippen LogP) is 2.67. The highest BCUT2D eigenvalue weighted by Crippen LogP contribution is 2.22. The number of carboxylic acid groups (broad SMARTS) is 1. The van der Waals surface area contributed by atoms with E-state index in [-0.39, 0.29) is 0 Å². The first-order valence-corrected chi connectivity index (χ1v) is 6.25. The lowest BCUT2D eigenvalue weighted by molar-refractivity contribution is -0.132. The summed E-state index contributed by atoms with van der Waals surface area (Å²) < 4.78 is 0. The maximum atomic E-state index is 11.0. The average Bonchev–Trinajstić information content (AvgIpc) is 2.35. The summed E-state index contributed by atoms with van der Waals surface area (Å²) in [6, 6.07) is 1.82. The molecule has 3 N–H and O–H groups in total. The fourth-order valence-electron chi connectivity index (χ4n) is 1.80. The number of anilines is 1. The van der Waals surface area contributed by atoms with Crippen molar-refractivity contribution in [3.63, 3.8) is 0 Å². The molecule has 0 aliphatic heterocycles. The Morgan fingerprint density at radius 3 is 2.50 bits per heavy atom. The van der Waals surface area contributed by atoms with E-state index >= 15 is 0 Å². The number of aryl methyl sites for hydroxylation is 2. The molecule has 0 bridgehead atoms. The second-order valence-corrected chi connectivity index (χ2v) is 4.10. The van der Waals surface area contributed by atoms with Crippen LogP contribution in [0.15, 0.2) is 11.6 Å². The van der Waals surface area contributed by atoms with E-state index in [0.717, 1.165) is 29.8 Å². The summed E-state index contributed by atoms with van der Waals surface area (Å²) in [4.78, 5) is 15.5. The van der Waals surface area contributed by atoms with E-state index in [2.05, 4.69) is 4.98 Å². The van der Waals surface area contributed by atoms with E-state index in [1.807, 2.05) is 26.8 Å². The summed E-state index contributed by atoms with van der Waals surface area (Å²) in [5.41, 5.74) is 9.50. The lowest BCUT2D eigenvalue weighted by Crippen LogP contribution is -2.05. The fourth-order valence-corrected chi connectivity index (χ4v) is 1.80. The minimum absolute atomic E-state index is 0.349. The standard InChI is InChI=1S/C14H20N2O2/c1-4-9(14(17)18)7-11-12(15)8-10(5-2)16-13(11)6-3/h7-8H,4-6H2,1-3H3,(H2,15,16)(H,17,18). The zero-order chi connectivity index (χ0) is 13.7. The maximum absolute atomic E-state index is 11.0. The Balaban J connectivity index is 3.35. The molecule has 1 rings (SSSR count). The molecule has 0 spiro atoms. The third-order valence-electron chi connectivity index (χ3n) is 2.89. The van der Waals surface area contributed by atoms with Gasteiger partial charge in [0.25, 0.3) is 0 Å². The molecule has 98 valence electrons. The Hall–Kier alpha value is -1.84. The monoisotopic (exact) mass is 248 g/mol. The third kappa shape index (κ3) is 3.09. The van der Waals surface area contributed by atoms with Gasteiger partial charge in [-0.15, -0.1) is 0 Å². The minimum atomic E-state index is -0.904. The quantitative estimate of drug-likeness (QED) is 0.785. The summed E-state index contributed by atoms with van der Waals surface area (Å²) >= 11 is 0. The molecule has 0 amide bonds. The molecule has 0 unspecified atom stereocenters. The Morgan fingerprint density at radius 1 is 1.39 bits per heavy atom. The molecule has 0 atom stereocenters. The van der Waals surface area contributed by atoms with Crippen LogP contribution in [0, 0.1) is 0 Å². The SMILES string of the molecule is CCC(=Cc1c(N)cc(CC)nc1CC)C(=O)O. The van der Waals surface area contributed by atoms with Crippen molar-refractivity contribution in [2.24, 2.45) is 0 Å². The smallest absolute Gasteiger partial charge is 0.331 e. The van der Waals surface area contributed by atoms with Crippen LogP contribution in [0.25, 0.3) is 6.08 Å². The van der Waals surface area contributed by atoms with Crippen LogP contribution in [0.3, 0.4) is 0 Å². The molecular weight excluding hydrogens is 228 g/mol. The van der Waals surface area contributed by atoms with Gasteiger partial charge in [-0.05, 0) is 31.4 Å². The molecule has 0 aliphatic rings. The second-order valence-electron chi connectivity index (χ2n) is 4.10. The molecule has 4 nitrogen and oxygen atoms in total. The van der Waals surface area contributed by atoms with Gasteiger partial charge in [-0.3, -0.25) is 4.98 Å². The van der Waals surface area contributed by atoms with Gasteiger partial charge in [0.15, 0.2) is 0 Å². The van der Waals surface area contributed by atoms with Crippen molar-refractivity contribution in [2.75, 3.05) is 5.73 Å².